The number of amides is 1. The van der Waals surface area contributed by atoms with Crippen molar-refractivity contribution in [2.24, 2.45) is 0 Å². The summed E-state index contributed by atoms with van der Waals surface area (Å²) in [4.78, 5) is 16.2. The van der Waals surface area contributed by atoms with Gasteiger partial charge < -0.3 is 15.4 Å². The topological polar surface area (TPSA) is 63.2 Å². The summed E-state index contributed by atoms with van der Waals surface area (Å²) in [6.07, 6.45) is 3.99. The van der Waals surface area contributed by atoms with Gasteiger partial charge in [-0.25, -0.2) is 0 Å². The van der Waals surface area contributed by atoms with Gasteiger partial charge in [-0.3, -0.25) is 9.78 Å². The van der Waals surface area contributed by atoms with Crippen molar-refractivity contribution in [2.75, 3.05) is 32.1 Å². The molecule has 1 heterocycles. The van der Waals surface area contributed by atoms with Crippen LogP contribution in [-0.4, -0.2) is 37.7 Å². The van der Waals surface area contributed by atoms with Gasteiger partial charge >= 0.3 is 0 Å². The van der Waals surface area contributed by atoms with Gasteiger partial charge in [0.05, 0.1) is 17.9 Å². The van der Waals surface area contributed by atoms with E-state index in [1.165, 1.54) is 0 Å². The number of ether oxygens (including phenoxy) is 1. The van der Waals surface area contributed by atoms with Crippen molar-refractivity contribution in [1.29, 1.82) is 0 Å². The first kappa shape index (κ1) is 17.2. The monoisotopic (exact) mass is 333 g/mol. The lowest BCUT2D eigenvalue weighted by Crippen LogP contribution is -2.26. The lowest BCUT2D eigenvalue weighted by Gasteiger charge is -2.08. The van der Waals surface area contributed by atoms with E-state index in [4.69, 9.17) is 16.3 Å². The normalized spacial score (nSPS) is 10.3. The van der Waals surface area contributed by atoms with Gasteiger partial charge in [-0.15, -0.1) is 0 Å². The molecule has 1 aromatic heterocycles. The zero-order valence-electron chi connectivity index (χ0n) is 13.0. The SMILES string of the molecule is COCCNc1cncc(C(=O)NCCc2ccc(Cl)cc2)c1. The summed E-state index contributed by atoms with van der Waals surface area (Å²) in [5, 5.41) is 6.75. The van der Waals surface area contributed by atoms with Gasteiger partial charge in [0.1, 0.15) is 0 Å². The molecule has 0 saturated heterocycles. The quantitative estimate of drug-likeness (QED) is 0.729. The molecule has 2 N–H and O–H groups in total. The van der Waals surface area contributed by atoms with Crippen LogP contribution in [0.2, 0.25) is 5.02 Å². The molecule has 6 heteroatoms. The van der Waals surface area contributed by atoms with Crippen molar-refractivity contribution in [2.45, 2.75) is 6.42 Å². The van der Waals surface area contributed by atoms with Crippen molar-refractivity contribution in [3.63, 3.8) is 0 Å². The molecule has 0 spiro atoms. The third kappa shape index (κ3) is 5.88. The Morgan fingerprint density at radius 1 is 1.22 bits per heavy atom. The Morgan fingerprint density at radius 2 is 2.00 bits per heavy atom. The molecule has 0 bridgehead atoms. The third-order valence-electron chi connectivity index (χ3n) is 3.25. The molecule has 0 unspecified atom stereocenters. The van der Waals surface area contributed by atoms with Crippen LogP contribution in [0.3, 0.4) is 0 Å². The third-order valence-corrected chi connectivity index (χ3v) is 3.50. The smallest absolute Gasteiger partial charge is 0.252 e. The van der Waals surface area contributed by atoms with Gasteiger partial charge in [0.25, 0.3) is 5.91 Å². The van der Waals surface area contributed by atoms with E-state index in [-0.39, 0.29) is 5.91 Å². The number of hydrogen-bond acceptors (Lipinski definition) is 4. The molecule has 23 heavy (non-hydrogen) atoms. The molecular formula is C17H20ClN3O2. The van der Waals surface area contributed by atoms with Gasteiger partial charge in [0, 0.05) is 37.6 Å². The number of carbonyl (C=O) groups is 1. The van der Waals surface area contributed by atoms with Crippen molar-refractivity contribution in [3.8, 4) is 0 Å². The fraction of sp³-hybridized carbons (Fsp3) is 0.294. The van der Waals surface area contributed by atoms with Crippen LogP contribution in [0.15, 0.2) is 42.7 Å². The predicted molar refractivity (Wildman–Crippen MR) is 92.1 cm³/mol. The molecule has 2 aromatic rings. The molecule has 0 fully saturated rings. The molecule has 2 rings (SSSR count). The van der Waals surface area contributed by atoms with E-state index in [0.717, 1.165) is 17.7 Å². The summed E-state index contributed by atoms with van der Waals surface area (Å²) in [7, 11) is 1.64. The largest absolute Gasteiger partial charge is 0.383 e. The number of benzene rings is 1. The maximum atomic E-state index is 12.1. The number of aromatic nitrogens is 1. The van der Waals surface area contributed by atoms with E-state index >= 15 is 0 Å². The summed E-state index contributed by atoms with van der Waals surface area (Å²) in [5.74, 6) is -0.137. The average Bonchev–Trinajstić information content (AvgIpc) is 2.57. The van der Waals surface area contributed by atoms with Crippen LogP contribution in [0.4, 0.5) is 5.69 Å². The average molecular weight is 334 g/mol. The van der Waals surface area contributed by atoms with E-state index in [9.17, 15) is 4.79 Å². The molecule has 0 aliphatic rings. The first-order chi connectivity index (χ1) is 11.2. The van der Waals surface area contributed by atoms with Crippen molar-refractivity contribution in [3.05, 3.63) is 58.9 Å². The van der Waals surface area contributed by atoms with Crippen molar-refractivity contribution >= 4 is 23.2 Å². The molecule has 1 aromatic carbocycles. The number of rotatable bonds is 8. The van der Waals surface area contributed by atoms with Crippen LogP contribution in [0, 0.1) is 0 Å². The molecule has 0 aliphatic carbocycles. The highest BCUT2D eigenvalue weighted by molar-refractivity contribution is 6.30. The number of hydrogen-bond donors (Lipinski definition) is 2. The second-order valence-corrected chi connectivity index (χ2v) is 5.45. The van der Waals surface area contributed by atoms with Crippen molar-refractivity contribution in [1.82, 2.24) is 10.3 Å². The number of carbonyl (C=O) groups excluding carboxylic acids is 1. The first-order valence-corrected chi connectivity index (χ1v) is 7.77. The number of halogens is 1. The molecule has 122 valence electrons. The Balaban J connectivity index is 1.82. The zero-order valence-corrected chi connectivity index (χ0v) is 13.8. The van der Waals surface area contributed by atoms with Crippen LogP contribution in [0.25, 0.3) is 0 Å². The van der Waals surface area contributed by atoms with Crippen LogP contribution in [0.5, 0.6) is 0 Å². The standard InChI is InChI=1S/C17H20ClN3O2/c1-23-9-8-20-16-10-14(11-19-12-16)17(22)21-7-6-13-2-4-15(18)5-3-13/h2-5,10-12,20H,6-9H2,1H3,(H,21,22). The second kappa shape index (κ2) is 9.12. The van der Waals surface area contributed by atoms with E-state index in [0.29, 0.717) is 30.3 Å². The maximum absolute atomic E-state index is 12.1. The number of nitrogens with one attached hydrogen (secondary N) is 2. The second-order valence-electron chi connectivity index (χ2n) is 5.01. The number of pyridine rings is 1. The Hall–Kier alpha value is -2.11. The highest BCUT2D eigenvalue weighted by atomic mass is 35.5. The van der Waals surface area contributed by atoms with Crippen molar-refractivity contribution < 1.29 is 9.53 Å². The van der Waals surface area contributed by atoms with E-state index in [1.807, 2.05) is 24.3 Å². The van der Waals surface area contributed by atoms with Gasteiger partial charge in [0.2, 0.25) is 0 Å². The van der Waals surface area contributed by atoms with Crippen LogP contribution in [0.1, 0.15) is 15.9 Å². The van der Waals surface area contributed by atoms with E-state index < -0.39 is 0 Å². The Bertz CT molecular complexity index is 632. The lowest BCUT2D eigenvalue weighted by molar-refractivity contribution is 0.0954. The zero-order chi connectivity index (χ0) is 16.5. The Kier molecular flexibility index (Phi) is 6.84. The minimum absolute atomic E-state index is 0.137. The summed E-state index contributed by atoms with van der Waals surface area (Å²) in [6, 6.07) is 9.38. The molecular weight excluding hydrogens is 314 g/mol. The lowest BCUT2D eigenvalue weighted by atomic mass is 10.1. The van der Waals surface area contributed by atoms with E-state index in [2.05, 4.69) is 15.6 Å². The van der Waals surface area contributed by atoms with Crippen LogP contribution < -0.4 is 10.6 Å². The number of anilines is 1. The van der Waals surface area contributed by atoms with Crippen LogP contribution in [-0.2, 0) is 11.2 Å². The minimum atomic E-state index is -0.137. The van der Waals surface area contributed by atoms with Gasteiger partial charge in [-0.1, -0.05) is 23.7 Å². The summed E-state index contributed by atoms with van der Waals surface area (Å²) >= 11 is 5.85. The molecule has 0 atom stereocenters. The number of methoxy groups -OCH3 is 1. The number of nitrogens with zero attached hydrogens (tertiary/aromatic N) is 1. The van der Waals surface area contributed by atoms with Gasteiger partial charge in [-0.2, -0.15) is 0 Å². The summed E-state index contributed by atoms with van der Waals surface area (Å²) < 4.78 is 4.97. The molecule has 0 radical (unpaired) electrons. The van der Waals surface area contributed by atoms with Gasteiger partial charge in [-0.05, 0) is 30.2 Å². The first-order valence-electron chi connectivity index (χ1n) is 7.39. The fourth-order valence-electron chi connectivity index (χ4n) is 2.03. The highest BCUT2D eigenvalue weighted by Crippen LogP contribution is 2.10. The maximum Gasteiger partial charge on any atom is 0.252 e. The Morgan fingerprint density at radius 3 is 2.74 bits per heavy atom. The molecule has 1 amide bonds. The van der Waals surface area contributed by atoms with E-state index in [1.54, 1.807) is 25.6 Å². The van der Waals surface area contributed by atoms with Gasteiger partial charge in [0.15, 0.2) is 0 Å². The fourth-order valence-corrected chi connectivity index (χ4v) is 2.16. The summed E-state index contributed by atoms with van der Waals surface area (Å²) in [5.41, 5.74) is 2.46. The highest BCUT2D eigenvalue weighted by Gasteiger charge is 2.06. The molecule has 0 saturated carbocycles. The predicted octanol–water partition coefficient (Wildman–Crippen LogP) is 2.77. The minimum Gasteiger partial charge on any atom is -0.383 e. The molecule has 0 aliphatic heterocycles. The van der Waals surface area contributed by atoms with Crippen LogP contribution >= 0.6 is 11.6 Å². The Labute approximate surface area is 141 Å². The molecule has 5 nitrogen and oxygen atoms in total. The summed E-state index contributed by atoms with van der Waals surface area (Å²) in [6.45, 7) is 1.82.